The van der Waals surface area contributed by atoms with Crippen LogP contribution in [0, 0.1) is 6.92 Å². The van der Waals surface area contributed by atoms with E-state index in [9.17, 15) is 4.79 Å². The predicted octanol–water partition coefficient (Wildman–Crippen LogP) is 5.61. The Hall–Kier alpha value is -4.06. The number of esters is 1. The summed E-state index contributed by atoms with van der Waals surface area (Å²) in [5, 5.41) is 0. The monoisotopic (exact) mass is 442 g/mol. The highest BCUT2D eigenvalue weighted by molar-refractivity contribution is 5.94. The predicted molar refractivity (Wildman–Crippen MR) is 127 cm³/mol. The third-order valence-corrected chi connectivity index (χ3v) is 5.34. The molecule has 2 aromatic heterocycles. The van der Waals surface area contributed by atoms with Gasteiger partial charge in [0.2, 0.25) is 0 Å². The van der Waals surface area contributed by atoms with Gasteiger partial charge in [0.15, 0.2) is 0 Å². The van der Waals surface area contributed by atoms with Gasteiger partial charge in [-0.15, -0.1) is 0 Å². The van der Waals surface area contributed by atoms with E-state index in [1.807, 2.05) is 78.2 Å². The molecule has 2 aromatic carbocycles. The number of rotatable bonds is 8. The maximum Gasteiger partial charge on any atom is 0.355 e. The molecule has 0 atom stereocenters. The molecule has 6 nitrogen and oxygen atoms in total. The Morgan fingerprint density at radius 2 is 1.67 bits per heavy atom. The van der Waals surface area contributed by atoms with E-state index < -0.39 is 5.97 Å². The van der Waals surface area contributed by atoms with Gasteiger partial charge >= 0.3 is 5.97 Å². The Bertz CT molecular complexity index is 1220. The summed E-state index contributed by atoms with van der Waals surface area (Å²) < 4.78 is 19.0. The minimum atomic E-state index is -0.407. The van der Waals surface area contributed by atoms with Crippen molar-refractivity contribution in [2.75, 3.05) is 13.7 Å². The summed E-state index contributed by atoms with van der Waals surface area (Å²) in [4.78, 5) is 17.3. The summed E-state index contributed by atoms with van der Waals surface area (Å²) in [5.74, 6) is 0.950. The molecule has 0 aliphatic carbocycles. The summed E-state index contributed by atoms with van der Waals surface area (Å²) >= 11 is 0. The second kappa shape index (κ2) is 10.0. The normalized spacial score (nSPS) is 10.6. The molecule has 4 rings (SSSR count). The minimum absolute atomic E-state index is 0.275. The van der Waals surface area contributed by atoms with Crippen LogP contribution in [-0.2, 0) is 11.3 Å². The van der Waals surface area contributed by atoms with E-state index >= 15 is 0 Å². The Morgan fingerprint density at radius 3 is 2.30 bits per heavy atom. The second-order valence-electron chi connectivity index (χ2n) is 7.42. The molecule has 0 saturated heterocycles. The number of hydrogen-bond acceptors (Lipinski definition) is 5. The van der Waals surface area contributed by atoms with E-state index in [0.29, 0.717) is 23.6 Å². The van der Waals surface area contributed by atoms with E-state index in [1.54, 1.807) is 26.4 Å². The number of carbonyl (C=O) groups excluding carboxylic acids is 1. The van der Waals surface area contributed by atoms with Gasteiger partial charge in [-0.25, -0.2) is 4.79 Å². The number of methoxy groups -OCH3 is 1. The van der Waals surface area contributed by atoms with Crippen LogP contribution in [0.2, 0.25) is 0 Å². The SMILES string of the molecule is CCOC(=O)c1c(C)c(OCc2ccccc2)c(-c2ccncc2)n1-c1ccc(OC)cc1. The third-order valence-electron chi connectivity index (χ3n) is 5.34. The van der Waals surface area contributed by atoms with Gasteiger partial charge in [0.25, 0.3) is 0 Å². The zero-order valence-corrected chi connectivity index (χ0v) is 18.9. The Balaban J connectivity index is 1.93. The van der Waals surface area contributed by atoms with Crippen molar-refractivity contribution in [3.05, 3.63) is 95.9 Å². The highest BCUT2D eigenvalue weighted by Crippen LogP contribution is 2.41. The highest BCUT2D eigenvalue weighted by Gasteiger charge is 2.29. The van der Waals surface area contributed by atoms with Crippen molar-refractivity contribution >= 4 is 5.97 Å². The quantitative estimate of drug-likeness (QED) is 0.332. The van der Waals surface area contributed by atoms with Crippen molar-refractivity contribution in [1.29, 1.82) is 0 Å². The maximum atomic E-state index is 13.1. The van der Waals surface area contributed by atoms with Gasteiger partial charge in [-0.3, -0.25) is 9.55 Å². The highest BCUT2D eigenvalue weighted by atomic mass is 16.5. The first-order valence-corrected chi connectivity index (χ1v) is 10.8. The van der Waals surface area contributed by atoms with Crippen LogP contribution in [0.1, 0.15) is 28.5 Å². The topological polar surface area (TPSA) is 62.6 Å². The lowest BCUT2D eigenvalue weighted by Gasteiger charge is -2.15. The summed E-state index contributed by atoms with van der Waals surface area (Å²) in [5.41, 5.74) is 4.61. The summed E-state index contributed by atoms with van der Waals surface area (Å²) in [6, 6.07) is 21.3. The number of carbonyl (C=O) groups is 1. The lowest BCUT2D eigenvalue weighted by atomic mass is 10.1. The fraction of sp³-hybridized carbons (Fsp3) is 0.185. The molecule has 0 aliphatic rings. The molecule has 0 bridgehead atoms. The minimum Gasteiger partial charge on any atom is -0.497 e. The van der Waals surface area contributed by atoms with Crippen molar-refractivity contribution in [3.63, 3.8) is 0 Å². The first-order chi connectivity index (χ1) is 16.1. The van der Waals surface area contributed by atoms with Gasteiger partial charge in [-0.2, -0.15) is 0 Å². The molecular formula is C27H26N2O4. The number of ether oxygens (including phenoxy) is 3. The lowest BCUT2D eigenvalue weighted by Crippen LogP contribution is -2.13. The van der Waals surface area contributed by atoms with Gasteiger partial charge in [0.05, 0.1) is 19.4 Å². The summed E-state index contributed by atoms with van der Waals surface area (Å²) in [7, 11) is 1.62. The Labute approximate surface area is 193 Å². The van der Waals surface area contributed by atoms with Crippen LogP contribution < -0.4 is 9.47 Å². The average Bonchev–Trinajstić information content (AvgIpc) is 3.16. The van der Waals surface area contributed by atoms with Crippen LogP contribution in [0.3, 0.4) is 0 Å². The molecule has 2 heterocycles. The number of pyridine rings is 1. The smallest absolute Gasteiger partial charge is 0.355 e. The molecule has 0 aliphatic heterocycles. The molecule has 0 amide bonds. The molecule has 0 spiro atoms. The van der Waals surface area contributed by atoms with Crippen LogP contribution in [0.15, 0.2) is 79.1 Å². The number of hydrogen-bond donors (Lipinski definition) is 0. The van der Waals surface area contributed by atoms with Gasteiger partial charge in [-0.1, -0.05) is 30.3 Å². The van der Waals surface area contributed by atoms with Crippen LogP contribution in [0.25, 0.3) is 16.9 Å². The molecule has 4 aromatic rings. The van der Waals surface area contributed by atoms with Gasteiger partial charge in [0, 0.05) is 29.2 Å². The number of nitrogens with zero attached hydrogens (tertiary/aromatic N) is 2. The average molecular weight is 443 g/mol. The summed E-state index contributed by atoms with van der Waals surface area (Å²) in [6.07, 6.45) is 3.45. The van der Waals surface area contributed by atoms with E-state index in [4.69, 9.17) is 14.2 Å². The number of benzene rings is 2. The van der Waals surface area contributed by atoms with Crippen molar-refractivity contribution in [2.45, 2.75) is 20.5 Å². The molecule has 0 fully saturated rings. The standard InChI is InChI=1S/C27H26N2O4/c1-4-32-27(30)24-19(2)26(33-18-20-8-6-5-7-9-20)25(21-14-16-28-17-15-21)29(24)22-10-12-23(31-3)13-11-22/h5-17H,4,18H2,1-3H3. The Kier molecular flexibility index (Phi) is 6.74. The molecule has 0 unspecified atom stereocenters. The van der Waals surface area contributed by atoms with Crippen LogP contribution in [-0.4, -0.2) is 29.2 Å². The molecule has 33 heavy (non-hydrogen) atoms. The fourth-order valence-corrected chi connectivity index (χ4v) is 3.78. The first-order valence-electron chi connectivity index (χ1n) is 10.8. The van der Waals surface area contributed by atoms with E-state index in [0.717, 1.165) is 28.3 Å². The van der Waals surface area contributed by atoms with Crippen molar-refractivity contribution in [3.8, 4) is 28.4 Å². The third kappa shape index (κ3) is 4.60. The zero-order valence-electron chi connectivity index (χ0n) is 18.9. The molecule has 168 valence electrons. The largest absolute Gasteiger partial charge is 0.497 e. The van der Waals surface area contributed by atoms with E-state index in [-0.39, 0.29) is 6.61 Å². The van der Waals surface area contributed by atoms with Gasteiger partial charge < -0.3 is 14.2 Å². The molecule has 6 heteroatoms. The van der Waals surface area contributed by atoms with Crippen LogP contribution in [0.5, 0.6) is 11.5 Å². The van der Waals surface area contributed by atoms with Crippen molar-refractivity contribution in [1.82, 2.24) is 9.55 Å². The molecule has 0 saturated carbocycles. The zero-order chi connectivity index (χ0) is 23.2. The summed E-state index contributed by atoms with van der Waals surface area (Å²) in [6.45, 7) is 4.33. The van der Waals surface area contributed by atoms with E-state index in [2.05, 4.69) is 4.98 Å². The number of aromatic nitrogens is 2. The van der Waals surface area contributed by atoms with Crippen LogP contribution in [0.4, 0.5) is 0 Å². The molecule has 0 radical (unpaired) electrons. The van der Waals surface area contributed by atoms with Crippen molar-refractivity contribution in [2.24, 2.45) is 0 Å². The Morgan fingerprint density at radius 1 is 0.970 bits per heavy atom. The molecule has 0 N–H and O–H groups in total. The van der Waals surface area contributed by atoms with Gasteiger partial charge in [0.1, 0.15) is 23.8 Å². The van der Waals surface area contributed by atoms with Crippen LogP contribution >= 0.6 is 0 Å². The lowest BCUT2D eigenvalue weighted by molar-refractivity contribution is 0.0516. The fourth-order valence-electron chi connectivity index (χ4n) is 3.78. The second-order valence-corrected chi connectivity index (χ2v) is 7.42. The first kappa shape index (κ1) is 22.1. The van der Waals surface area contributed by atoms with Crippen molar-refractivity contribution < 1.29 is 19.0 Å². The molecular weight excluding hydrogens is 416 g/mol. The maximum absolute atomic E-state index is 13.1. The van der Waals surface area contributed by atoms with Gasteiger partial charge in [-0.05, 0) is 55.8 Å². The van der Waals surface area contributed by atoms with E-state index in [1.165, 1.54) is 0 Å².